The highest BCUT2D eigenvalue weighted by Crippen LogP contribution is 2.29. The lowest BCUT2D eigenvalue weighted by Crippen LogP contribution is -2.07. The van der Waals surface area contributed by atoms with E-state index in [1.54, 1.807) is 30.6 Å². The van der Waals surface area contributed by atoms with Gasteiger partial charge in [0.15, 0.2) is 0 Å². The predicted molar refractivity (Wildman–Crippen MR) is 122 cm³/mol. The van der Waals surface area contributed by atoms with Crippen LogP contribution in [-0.4, -0.2) is 20.8 Å². The number of non-ortho nitro benzene ring substituents is 1. The Labute approximate surface area is 181 Å². The molecule has 4 rings (SSSR count). The fraction of sp³-hybridized carbons (Fsp3) is 0. The molecule has 0 spiro atoms. The van der Waals surface area contributed by atoms with E-state index in [0.29, 0.717) is 11.3 Å². The second-order valence-electron chi connectivity index (χ2n) is 6.54. The minimum absolute atomic E-state index is 0.0239. The van der Waals surface area contributed by atoms with E-state index in [1.165, 1.54) is 35.6 Å². The summed E-state index contributed by atoms with van der Waals surface area (Å²) in [5.74, 6) is -0.335. The van der Waals surface area contributed by atoms with Gasteiger partial charge in [0.05, 0.1) is 10.6 Å². The molecule has 0 aliphatic heterocycles. The number of aromatic nitrogens is 2. The Bertz CT molecular complexity index is 1270. The fourth-order valence-corrected chi connectivity index (χ4v) is 3.70. The van der Waals surface area contributed by atoms with Crippen molar-refractivity contribution in [1.82, 2.24) is 9.97 Å². The second-order valence-corrected chi connectivity index (χ2v) is 7.39. The molecule has 0 unspecified atom stereocenters. The lowest BCUT2D eigenvalue weighted by Gasteiger charge is -2.04. The van der Waals surface area contributed by atoms with Crippen LogP contribution in [0.1, 0.15) is 5.56 Å². The monoisotopic (exact) mass is 428 g/mol. The predicted octanol–water partition coefficient (Wildman–Crippen LogP) is 5.43. The minimum atomic E-state index is -0.471. The molecule has 8 heteroatoms. The van der Waals surface area contributed by atoms with Crippen LogP contribution in [0.3, 0.4) is 0 Å². The maximum Gasteiger partial charge on any atom is 0.270 e. The zero-order valence-electron chi connectivity index (χ0n) is 16.1. The first-order valence-electron chi connectivity index (χ1n) is 9.28. The Morgan fingerprint density at radius 1 is 1.06 bits per heavy atom. The summed E-state index contributed by atoms with van der Waals surface area (Å²) in [5.41, 5.74) is 3.82. The van der Waals surface area contributed by atoms with Crippen LogP contribution in [0.2, 0.25) is 0 Å². The molecule has 2 aromatic heterocycles. The number of hydrogen-bond donors (Lipinski definition) is 1. The van der Waals surface area contributed by atoms with Gasteiger partial charge in [-0.15, -0.1) is 11.3 Å². The summed E-state index contributed by atoms with van der Waals surface area (Å²) in [5, 5.41) is 16.5. The van der Waals surface area contributed by atoms with Crippen molar-refractivity contribution in [2.24, 2.45) is 0 Å². The Morgan fingerprint density at radius 2 is 1.90 bits per heavy atom. The van der Waals surface area contributed by atoms with E-state index in [4.69, 9.17) is 0 Å². The lowest BCUT2D eigenvalue weighted by atomic mass is 10.1. The summed E-state index contributed by atoms with van der Waals surface area (Å²) in [6, 6.07) is 17.3. The van der Waals surface area contributed by atoms with Crippen molar-refractivity contribution < 1.29 is 9.72 Å². The minimum Gasteiger partial charge on any atom is -0.322 e. The third kappa shape index (κ3) is 5.06. The number of nitro groups is 1. The van der Waals surface area contributed by atoms with Crippen LogP contribution in [0.4, 0.5) is 11.4 Å². The number of hydrogen-bond acceptors (Lipinski definition) is 6. The van der Waals surface area contributed by atoms with Crippen LogP contribution in [0, 0.1) is 10.1 Å². The van der Waals surface area contributed by atoms with E-state index in [9.17, 15) is 14.9 Å². The van der Waals surface area contributed by atoms with E-state index in [2.05, 4.69) is 15.3 Å². The first kappa shape index (κ1) is 20.1. The lowest BCUT2D eigenvalue weighted by molar-refractivity contribution is -0.384. The molecule has 0 bridgehead atoms. The molecule has 0 saturated heterocycles. The molecule has 2 heterocycles. The van der Waals surface area contributed by atoms with Crippen LogP contribution in [0.5, 0.6) is 0 Å². The average molecular weight is 428 g/mol. The van der Waals surface area contributed by atoms with E-state index in [1.807, 2.05) is 35.7 Å². The molecule has 31 heavy (non-hydrogen) atoms. The van der Waals surface area contributed by atoms with Crippen LogP contribution in [0.15, 0.2) is 84.5 Å². The number of nitrogens with one attached hydrogen (secondary N) is 1. The molecule has 0 radical (unpaired) electrons. The number of nitro benzene ring substituents is 1. The standard InChI is InChI=1S/C23H16N4O3S/c28-22(10-9-16-4-1-8-20(12-16)27(29)30)25-19-7-2-5-17(13-19)21-15-31-23(26-21)18-6-3-11-24-14-18/h1-15H,(H,25,28)/b10-9+. The Balaban J connectivity index is 1.46. The quantitative estimate of drug-likeness (QED) is 0.251. The summed E-state index contributed by atoms with van der Waals surface area (Å²) in [4.78, 5) is 31.5. The average Bonchev–Trinajstić information content (AvgIpc) is 3.29. The molecule has 2 aromatic carbocycles. The van der Waals surface area contributed by atoms with Crippen molar-refractivity contribution in [3.05, 3.63) is 100 Å². The summed E-state index contributed by atoms with van der Waals surface area (Å²) in [6.45, 7) is 0. The molecule has 0 atom stereocenters. The molecule has 0 saturated carbocycles. The first-order valence-corrected chi connectivity index (χ1v) is 10.2. The normalized spacial score (nSPS) is 10.8. The van der Waals surface area contributed by atoms with Crippen molar-refractivity contribution in [2.45, 2.75) is 0 Å². The highest BCUT2D eigenvalue weighted by molar-refractivity contribution is 7.13. The fourth-order valence-electron chi connectivity index (χ4n) is 2.88. The van der Waals surface area contributed by atoms with Crippen molar-refractivity contribution in [1.29, 1.82) is 0 Å². The van der Waals surface area contributed by atoms with Gasteiger partial charge < -0.3 is 5.32 Å². The molecule has 4 aromatic rings. The molecule has 0 aliphatic rings. The van der Waals surface area contributed by atoms with E-state index < -0.39 is 4.92 Å². The summed E-state index contributed by atoms with van der Waals surface area (Å²) < 4.78 is 0. The van der Waals surface area contributed by atoms with Crippen LogP contribution in [0.25, 0.3) is 27.9 Å². The van der Waals surface area contributed by atoms with Gasteiger partial charge in [0.2, 0.25) is 5.91 Å². The molecule has 152 valence electrons. The van der Waals surface area contributed by atoms with Gasteiger partial charge in [-0.1, -0.05) is 24.3 Å². The van der Waals surface area contributed by atoms with Gasteiger partial charge in [0.1, 0.15) is 5.01 Å². The summed E-state index contributed by atoms with van der Waals surface area (Å²) >= 11 is 1.53. The number of carbonyl (C=O) groups excluding carboxylic acids is 1. The zero-order chi connectivity index (χ0) is 21.6. The van der Waals surface area contributed by atoms with Crippen molar-refractivity contribution >= 4 is 34.7 Å². The SMILES string of the molecule is O=C(/C=C/c1cccc([N+](=O)[O-])c1)Nc1cccc(-c2csc(-c3cccnc3)n2)c1. The molecule has 7 nitrogen and oxygen atoms in total. The zero-order valence-corrected chi connectivity index (χ0v) is 17.0. The third-order valence-electron chi connectivity index (χ3n) is 4.35. The third-order valence-corrected chi connectivity index (χ3v) is 5.24. The molecule has 0 fully saturated rings. The van der Waals surface area contributed by atoms with Gasteiger partial charge in [0.25, 0.3) is 5.69 Å². The van der Waals surface area contributed by atoms with Gasteiger partial charge in [0, 0.05) is 52.8 Å². The molecular weight excluding hydrogens is 412 g/mol. The highest BCUT2D eigenvalue weighted by Gasteiger charge is 2.08. The smallest absolute Gasteiger partial charge is 0.270 e. The van der Waals surface area contributed by atoms with Crippen molar-refractivity contribution in [3.8, 4) is 21.8 Å². The van der Waals surface area contributed by atoms with E-state index in [-0.39, 0.29) is 11.6 Å². The molecular formula is C23H16N4O3S. The number of carbonyl (C=O) groups is 1. The first-order chi connectivity index (χ1) is 15.1. The van der Waals surface area contributed by atoms with Crippen LogP contribution >= 0.6 is 11.3 Å². The number of rotatable bonds is 6. The largest absolute Gasteiger partial charge is 0.322 e. The summed E-state index contributed by atoms with van der Waals surface area (Å²) in [6.07, 6.45) is 6.37. The maximum absolute atomic E-state index is 12.3. The summed E-state index contributed by atoms with van der Waals surface area (Å²) in [7, 11) is 0. The van der Waals surface area contributed by atoms with Crippen molar-refractivity contribution in [2.75, 3.05) is 5.32 Å². The second kappa shape index (κ2) is 9.10. The van der Waals surface area contributed by atoms with Crippen LogP contribution < -0.4 is 5.32 Å². The Kier molecular flexibility index (Phi) is 5.91. The van der Waals surface area contributed by atoms with Gasteiger partial charge in [-0.3, -0.25) is 19.9 Å². The number of thiazole rings is 1. The molecule has 0 aliphatic carbocycles. The van der Waals surface area contributed by atoms with Crippen LogP contribution in [-0.2, 0) is 4.79 Å². The topological polar surface area (TPSA) is 98.0 Å². The number of anilines is 1. The molecule has 1 amide bonds. The van der Waals surface area contributed by atoms with Gasteiger partial charge in [-0.25, -0.2) is 4.98 Å². The highest BCUT2D eigenvalue weighted by atomic mass is 32.1. The van der Waals surface area contributed by atoms with E-state index >= 15 is 0 Å². The van der Waals surface area contributed by atoms with E-state index in [0.717, 1.165) is 21.8 Å². The number of nitrogens with zero attached hydrogens (tertiary/aromatic N) is 3. The Morgan fingerprint density at radius 3 is 2.71 bits per heavy atom. The van der Waals surface area contributed by atoms with Gasteiger partial charge >= 0.3 is 0 Å². The Hall–Kier alpha value is -4.17. The maximum atomic E-state index is 12.3. The number of amides is 1. The molecule has 1 N–H and O–H groups in total. The van der Waals surface area contributed by atoms with Gasteiger partial charge in [-0.05, 0) is 35.9 Å². The number of pyridine rings is 1. The van der Waals surface area contributed by atoms with Gasteiger partial charge in [-0.2, -0.15) is 0 Å². The number of benzene rings is 2. The van der Waals surface area contributed by atoms with Crippen molar-refractivity contribution in [3.63, 3.8) is 0 Å².